The Balaban J connectivity index is 1.66. The summed E-state index contributed by atoms with van der Waals surface area (Å²) < 4.78 is 22.9. The molecule has 1 saturated heterocycles. The largest absolute Gasteiger partial charge is 0.372 e. The normalized spacial score (nSPS) is 27.2. The second-order valence-corrected chi connectivity index (χ2v) is 8.25. The van der Waals surface area contributed by atoms with Crippen LogP contribution in [0.2, 0.25) is 0 Å². The highest BCUT2D eigenvalue weighted by molar-refractivity contribution is 7.91. The second-order valence-electron chi connectivity index (χ2n) is 6.02. The van der Waals surface area contributed by atoms with Gasteiger partial charge in [-0.15, -0.1) is 0 Å². The molecule has 0 bridgehead atoms. The Morgan fingerprint density at radius 2 is 2.10 bits per heavy atom. The minimum absolute atomic E-state index is 0.00200. The van der Waals surface area contributed by atoms with Crippen LogP contribution in [0.25, 0.3) is 0 Å². The summed E-state index contributed by atoms with van der Waals surface area (Å²) in [5.41, 5.74) is 2.42. The van der Waals surface area contributed by atoms with Crippen LogP contribution in [0.15, 0.2) is 24.3 Å². The van der Waals surface area contributed by atoms with Crippen molar-refractivity contribution in [3.05, 3.63) is 29.8 Å². The molecule has 21 heavy (non-hydrogen) atoms. The summed E-state index contributed by atoms with van der Waals surface area (Å²) in [6.45, 7) is 0.752. The lowest BCUT2D eigenvalue weighted by molar-refractivity contribution is -0.124. The third kappa shape index (κ3) is 3.05. The summed E-state index contributed by atoms with van der Waals surface area (Å²) in [4.78, 5) is 14.4. The molecule has 1 fully saturated rings. The zero-order valence-corrected chi connectivity index (χ0v) is 12.9. The van der Waals surface area contributed by atoms with E-state index in [1.165, 1.54) is 11.3 Å². The number of benzene rings is 1. The average Bonchev–Trinajstić information content (AvgIpc) is 2.79. The first-order valence-electron chi connectivity index (χ1n) is 7.24. The Morgan fingerprint density at radius 3 is 2.81 bits per heavy atom. The highest BCUT2D eigenvalue weighted by Gasteiger charge is 2.34. The summed E-state index contributed by atoms with van der Waals surface area (Å²) in [6, 6.07) is 8.21. The molecule has 1 aromatic rings. The van der Waals surface area contributed by atoms with Crippen LogP contribution in [0.1, 0.15) is 12.0 Å². The van der Waals surface area contributed by atoms with Gasteiger partial charge in [-0.05, 0) is 24.5 Å². The Labute approximate surface area is 125 Å². The fourth-order valence-electron chi connectivity index (χ4n) is 3.23. The van der Waals surface area contributed by atoms with Gasteiger partial charge in [-0.1, -0.05) is 18.2 Å². The van der Waals surface area contributed by atoms with Gasteiger partial charge in [0.15, 0.2) is 9.84 Å². The maximum Gasteiger partial charge on any atom is 0.224 e. The van der Waals surface area contributed by atoms with Crippen LogP contribution in [0.5, 0.6) is 0 Å². The summed E-state index contributed by atoms with van der Waals surface area (Å²) in [5.74, 6) is -0.359. The van der Waals surface area contributed by atoms with Gasteiger partial charge in [0.1, 0.15) is 0 Å². The van der Waals surface area contributed by atoms with E-state index in [9.17, 15) is 13.2 Å². The van der Waals surface area contributed by atoms with Crippen molar-refractivity contribution in [1.82, 2.24) is 5.32 Å². The molecule has 2 aliphatic rings. The number of hydrogen-bond acceptors (Lipinski definition) is 4. The van der Waals surface area contributed by atoms with Gasteiger partial charge < -0.3 is 10.2 Å². The summed E-state index contributed by atoms with van der Waals surface area (Å²) in [6.07, 6.45) is 1.25. The van der Waals surface area contributed by atoms with Gasteiger partial charge in [-0.3, -0.25) is 4.79 Å². The number of anilines is 1. The Kier molecular flexibility index (Phi) is 3.65. The third-order valence-corrected chi connectivity index (χ3v) is 6.08. The Bertz CT molecular complexity index is 657. The van der Waals surface area contributed by atoms with E-state index >= 15 is 0 Å². The molecule has 1 N–H and O–H groups in total. The van der Waals surface area contributed by atoms with Gasteiger partial charge in [0.05, 0.1) is 23.5 Å². The highest BCUT2D eigenvalue weighted by Crippen LogP contribution is 2.26. The number of carbonyl (C=O) groups excluding carboxylic acids is 1. The number of sulfone groups is 1. The number of fused-ring (bicyclic) bond motifs is 1. The van der Waals surface area contributed by atoms with Crippen LogP contribution in [0, 0.1) is 5.92 Å². The fraction of sp³-hybridized carbons (Fsp3) is 0.533. The molecule has 3 rings (SSSR count). The van der Waals surface area contributed by atoms with Crippen molar-refractivity contribution in [1.29, 1.82) is 0 Å². The van der Waals surface area contributed by atoms with Crippen LogP contribution in [0.3, 0.4) is 0 Å². The molecule has 0 spiro atoms. The van der Waals surface area contributed by atoms with E-state index in [1.54, 1.807) is 0 Å². The Hall–Kier alpha value is -1.56. The number of nitrogens with one attached hydrogen (secondary N) is 1. The topological polar surface area (TPSA) is 66.5 Å². The van der Waals surface area contributed by atoms with E-state index in [4.69, 9.17) is 0 Å². The van der Waals surface area contributed by atoms with E-state index in [-0.39, 0.29) is 29.4 Å². The highest BCUT2D eigenvalue weighted by atomic mass is 32.2. The van der Waals surface area contributed by atoms with Crippen molar-refractivity contribution < 1.29 is 13.2 Å². The predicted octanol–water partition coefficient (Wildman–Crippen LogP) is 0.598. The van der Waals surface area contributed by atoms with Crippen LogP contribution < -0.4 is 10.2 Å². The maximum atomic E-state index is 12.2. The smallest absolute Gasteiger partial charge is 0.224 e. The average molecular weight is 308 g/mol. The molecule has 1 aromatic carbocycles. The summed E-state index contributed by atoms with van der Waals surface area (Å²) in [7, 11) is -1.00. The molecule has 0 aromatic heterocycles. The molecule has 2 atom stereocenters. The number of likely N-dealkylation sites (N-methyl/N-ethyl adjacent to an activating group) is 1. The molecule has 2 heterocycles. The van der Waals surface area contributed by atoms with Crippen molar-refractivity contribution in [3.8, 4) is 0 Å². The molecular weight excluding hydrogens is 288 g/mol. The van der Waals surface area contributed by atoms with E-state index in [2.05, 4.69) is 22.3 Å². The van der Waals surface area contributed by atoms with Crippen LogP contribution in [0.4, 0.5) is 5.69 Å². The minimum Gasteiger partial charge on any atom is -0.372 e. The quantitative estimate of drug-likeness (QED) is 0.869. The van der Waals surface area contributed by atoms with Crippen molar-refractivity contribution in [3.63, 3.8) is 0 Å². The lowest BCUT2D eigenvalue weighted by Gasteiger charge is -2.34. The van der Waals surface area contributed by atoms with Crippen LogP contribution in [-0.4, -0.2) is 45.5 Å². The number of hydrogen-bond donors (Lipinski definition) is 1. The lowest BCUT2D eigenvalue weighted by atomic mass is 9.97. The molecule has 0 saturated carbocycles. The van der Waals surface area contributed by atoms with Crippen molar-refractivity contribution >= 4 is 21.4 Å². The number of rotatable bonds is 2. The summed E-state index contributed by atoms with van der Waals surface area (Å²) >= 11 is 0. The van der Waals surface area contributed by atoms with Crippen LogP contribution >= 0.6 is 0 Å². The first-order valence-corrected chi connectivity index (χ1v) is 9.06. The first-order chi connectivity index (χ1) is 9.94. The van der Waals surface area contributed by atoms with Gasteiger partial charge in [0, 0.05) is 19.3 Å². The third-order valence-electron chi connectivity index (χ3n) is 4.31. The maximum absolute atomic E-state index is 12.2. The van der Waals surface area contributed by atoms with Gasteiger partial charge >= 0.3 is 0 Å². The SMILES string of the molecule is CN1C[C@H](NC(=O)[C@@H]2CCS(=O)(=O)C2)Cc2ccccc21. The molecule has 2 aliphatic heterocycles. The van der Waals surface area contributed by atoms with Crippen molar-refractivity contribution in [2.75, 3.05) is 30.0 Å². The van der Waals surface area contributed by atoms with Gasteiger partial charge in [-0.25, -0.2) is 8.42 Å². The Morgan fingerprint density at radius 1 is 1.33 bits per heavy atom. The van der Waals surface area contributed by atoms with E-state index < -0.39 is 9.84 Å². The lowest BCUT2D eigenvalue weighted by Crippen LogP contribution is -2.48. The van der Waals surface area contributed by atoms with Gasteiger partial charge in [0.2, 0.25) is 5.91 Å². The van der Waals surface area contributed by atoms with Gasteiger partial charge in [-0.2, -0.15) is 0 Å². The van der Waals surface area contributed by atoms with Crippen molar-refractivity contribution in [2.24, 2.45) is 5.92 Å². The zero-order valence-electron chi connectivity index (χ0n) is 12.1. The standard InChI is InChI=1S/C15H20N2O3S/c1-17-9-13(8-11-4-2-3-5-14(11)17)16-15(18)12-6-7-21(19,20)10-12/h2-5,12-13H,6-10H2,1H3,(H,16,18)/t12-,13-/m1/s1. The molecule has 5 nitrogen and oxygen atoms in total. The molecule has 0 unspecified atom stereocenters. The molecule has 6 heteroatoms. The first kappa shape index (κ1) is 14.4. The van der Waals surface area contributed by atoms with Crippen molar-refractivity contribution in [2.45, 2.75) is 18.9 Å². The predicted molar refractivity (Wildman–Crippen MR) is 82.1 cm³/mol. The molecule has 0 aliphatic carbocycles. The molecule has 1 amide bonds. The minimum atomic E-state index is -3.01. The zero-order chi connectivity index (χ0) is 15.0. The number of para-hydroxylation sites is 1. The number of amides is 1. The van der Waals surface area contributed by atoms with E-state index in [0.29, 0.717) is 6.42 Å². The molecule has 0 radical (unpaired) electrons. The fourth-order valence-corrected chi connectivity index (χ4v) is 4.97. The molecule has 114 valence electrons. The molecular formula is C15H20N2O3S. The van der Waals surface area contributed by atoms with E-state index in [1.807, 2.05) is 19.2 Å². The number of carbonyl (C=O) groups is 1. The monoisotopic (exact) mass is 308 g/mol. The van der Waals surface area contributed by atoms with Crippen LogP contribution in [-0.2, 0) is 21.1 Å². The summed E-state index contributed by atoms with van der Waals surface area (Å²) in [5, 5.41) is 3.02. The number of nitrogens with zero attached hydrogens (tertiary/aromatic N) is 1. The second kappa shape index (κ2) is 5.33. The van der Waals surface area contributed by atoms with Gasteiger partial charge in [0.25, 0.3) is 0 Å². The van der Waals surface area contributed by atoms with E-state index in [0.717, 1.165) is 13.0 Å².